The maximum absolute atomic E-state index is 13.3. The first-order chi connectivity index (χ1) is 12.8. The fourth-order valence-corrected chi connectivity index (χ4v) is 3.06. The fraction of sp³-hybridized carbons (Fsp3) is 0.391. The highest BCUT2D eigenvalue weighted by molar-refractivity contribution is 6.28. The average molecular weight is 368 g/mol. The van der Waals surface area contributed by atoms with Gasteiger partial charge in [-0.1, -0.05) is 30.4 Å². The van der Waals surface area contributed by atoms with E-state index in [1.54, 1.807) is 24.3 Å². The quantitative estimate of drug-likeness (QED) is 0.366. The number of benzene rings is 1. The van der Waals surface area contributed by atoms with Crippen molar-refractivity contribution in [2.75, 3.05) is 13.7 Å². The molecule has 4 nitrogen and oxygen atoms in total. The van der Waals surface area contributed by atoms with E-state index in [-0.39, 0.29) is 23.1 Å². The van der Waals surface area contributed by atoms with Gasteiger partial charge in [-0.2, -0.15) is 0 Å². The lowest BCUT2D eigenvalue weighted by molar-refractivity contribution is -0.119. The predicted octanol–water partition coefficient (Wildman–Crippen LogP) is 5.06. The molecule has 1 aliphatic carbocycles. The number of para-hydroxylation sites is 1. The van der Waals surface area contributed by atoms with E-state index in [2.05, 4.69) is 6.58 Å². The molecule has 0 amide bonds. The van der Waals surface area contributed by atoms with Gasteiger partial charge in [-0.05, 0) is 51.3 Å². The molecule has 2 rings (SSSR count). The summed E-state index contributed by atoms with van der Waals surface area (Å²) in [5.74, 6) is 0.244. The largest absolute Gasteiger partial charge is 0.500 e. The summed E-state index contributed by atoms with van der Waals surface area (Å²) in [5.41, 5.74) is 2.54. The van der Waals surface area contributed by atoms with Crippen molar-refractivity contribution in [3.63, 3.8) is 0 Å². The van der Waals surface area contributed by atoms with E-state index in [0.29, 0.717) is 42.9 Å². The number of methoxy groups -OCH3 is 1. The van der Waals surface area contributed by atoms with Crippen LogP contribution in [0.5, 0.6) is 5.75 Å². The highest BCUT2D eigenvalue weighted by atomic mass is 16.5. The fourth-order valence-electron chi connectivity index (χ4n) is 3.06. The van der Waals surface area contributed by atoms with Crippen molar-refractivity contribution in [3.8, 4) is 5.75 Å². The summed E-state index contributed by atoms with van der Waals surface area (Å²) in [7, 11) is 1.51. The Morgan fingerprint density at radius 1 is 1.26 bits per heavy atom. The third kappa shape index (κ3) is 5.19. The molecule has 1 atom stereocenters. The van der Waals surface area contributed by atoms with E-state index in [1.807, 2.05) is 26.8 Å². The molecule has 0 heterocycles. The summed E-state index contributed by atoms with van der Waals surface area (Å²) < 4.78 is 11.1. The van der Waals surface area contributed by atoms with E-state index in [0.717, 1.165) is 11.1 Å². The second-order valence-corrected chi connectivity index (χ2v) is 7.19. The Morgan fingerprint density at radius 3 is 2.59 bits per heavy atom. The summed E-state index contributed by atoms with van der Waals surface area (Å²) in [4.78, 5) is 26.3. The van der Waals surface area contributed by atoms with Crippen LogP contribution in [0, 0.1) is 5.92 Å². The zero-order valence-electron chi connectivity index (χ0n) is 16.6. The molecule has 0 fully saturated rings. The van der Waals surface area contributed by atoms with E-state index in [9.17, 15) is 9.59 Å². The van der Waals surface area contributed by atoms with E-state index >= 15 is 0 Å². The maximum atomic E-state index is 13.3. The number of ether oxygens (including phenoxy) is 2. The van der Waals surface area contributed by atoms with Crippen LogP contribution in [0.15, 0.2) is 59.4 Å². The van der Waals surface area contributed by atoms with Crippen LogP contribution in [-0.4, -0.2) is 25.3 Å². The summed E-state index contributed by atoms with van der Waals surface area (Å²) in [5, 5.41) is 0. The van der Waals surface area contributed by atoms with Crippen LogP contribution in [0.4, 0.5) is 0 Å². The molecule has 0 aliphatic heterocycles. The van der Waals surface area contributed by atoms with Gasteiger partial charge < -0.3 is 9.47 Å². The van der Waals surface area contributed by atoms with Crippen LogP contribution in [0.2, 0.25) is 0 Å². The van der Waals surface area contributed by atoms with E-state index in [1.165, 1.54) is 7.11 Å². The van der Waals surface area contributed by atoms with Crippen molar-refractivity contribution in [3.05, 3.63) is 65.0 Å². The molecule has 0 aromatic heterocycles. The van der Waals surface area contributed by atoms with Crippen LogP contribution in [-0.2, 0) is 9.53 Å². The Balaban J connectivity index is 2.37. The maximum Gasteiger partial charge on any atom is 0.203 e. The van der Waals surface area contributed by atoms with E-state index < -0.39 is 0 Å². The number of carbonyl (C=O) groups is 2. The van der Waals surface area contributed by atoms with Crippen LogP contribution in [0.3, 0.4) is 0 Å². The molecule has 0 saturated carbocycles. The lowest BCUT2D eigenvalue weighted by Crippen LogP contribution is -2.28. The van der Waals surface area contributed by atoms with Crippen molar-refractivity contribution in [1.29, 1.82) is 0 Å². The number of hydrogen-bond donors (Lipinski definition) is 0. The monoisotopic (exact) mass is 368 g/mol. The molecule has 1 aromatic rings. The van der Waals surface area contributed by atoms with Crippen molar-refractivity contribution in [2.45, 2.75) is 40.0 Å². The predicted molar refractivity (Wildman–Crippen MR) is 107 cm³/mol. The van der Waals surface area contributed by atoms with Gasteiger partial charge in [0.15, 0.2) is 5.78 Å². The van der Waals surface area contributed by atoms with Gasteiger partial charge in [0.05, 0.1) is 12.7 Å². The van der Waals surface area contributed by atoms with Gasteiger partial charge >= 0.3 is 0 Å². The minimum absolute atomic E-state index is 0.143. The first kappa shape index (κ1) is 20.7. The standard InChI is InChI=1S/C23H28O4/c1-15(2)10-11-17-12-13-20(26-5)21(22(17)24)23(25)18-8-6-7-9-19(18)27-14-16(3)4/h6-10,17H,3,11-14H2,1-2,4-5H3/t17-/m0/s1. The average Bonchev–Trinajstić information content (AvgIpc) is 2.64. The smallest absolute Gasteiger partial charge is 0.203 e. The summed E-state index contributed by atoms with van der Waals surface area (Å²) in [6, 6.07) is 6.98. The highest BCUT2D eigenvalue weighted by Crippen LogP contribution is 2.33. The number of carbonyl (C=O) groups excluding carboxylic acids is 2. The van der Waals surface area contributed by atoms with Crippen molar-refractivity contribution in [1.82, 2.24) is 0 Å². The van der Waals surface area contributed by atoms with Crippen LogP contribution in [0.1, 0.15) is 50.4 Å². The van der Waals surface area contributed by atoms with Crippen LogP contribution < -0.4 is 4.74 Å². The van der Waals surface area contributed by atoms with Gasteiger partial charge in [-0.15, -0.1) is 0 Å². The Morgan fingerprint density at radius 2 is 1.96 bits per heavy atom. The molecule has 1 aromatic carbocycles. The summed E-state index contributed by atoms with van der Waals surface area (Å²) in [6.07, 6.45) is 3.96. The van der Waals surface area contributed by atoms with Crippen molar-refractivity contribution < 1.29 is 19.1 Å². The Hall–Kier alpha value is -2.62. The topological polar surface area (TPSA) is 52.6 Å². The second kappa shape index (κ2) is 9.36. The van der Waals surface area contributed by atoms with Gasteiger partial charge in [0.25, 0.3) is 0 Å². The van der Waals surface area contributed by atoms with Gasteiger partial charge in [0, 0.05) is 12.3 Å². The lowest BCUT2D eigenvalue weighted by atomic mass is 9.81. The number of ketones is 2. The third-order valence-electron chi connectivity index (χ3n) is 4.51. The molecule has 144 valence electrons. The normalized spacial score (nSPS) is 16.7. The van der Waals surface area contributed by atoms with Crippen molar-refractivity contribution in [2.24, 2.45) is 5.92 Å². The zero-order valence-corrected chi connectivity index (χ0v) is 16.6. The second-order valence-electron chi connectivity index (χ2n) is 7.19. The van der Waals surface area contributed by atoms with Gasteiger partial charge in [0.1, 0.15) is 23.7 Å². The number of Topliss-reactive ketones (excluding diaryl/α,β-unsaturated/α-hetero) is 2. The van der Waals surface area contributed by atoms with E-state index in [4.69, 9.17) is 9.47 Å². The molecule has 27 heavy (non-hydrogen) atoms. The minimum Gasteiger partial charge on any atom is -0.500 e. The zero-order chi connectivity index (χ0) is 20.0. The Kier molecular flexibility index (Phi) is 7.17. The molecule has 0 spiro atoms. The number of rotatable bonds is 8. The molecular formula is C23H28O4. The first-order valence-corrected chi connectivity index (χ1v) is 9.20. The molecule has 0 unspecified atom stereocenters. The first-order valence-electron chi connectivity index (χ1n) is 9.20. The Bertz CT molecular complexity index is 794. The molecule has 1 aliphatic rings. The van der Waals surface area contributed by atoms with Crippen LogP contribution >= 0.6 is 0 Å². The van der Waals surface area contributed by atoms with Crippen molar-refractivity contribution >= 4 is 11.6 Å². The molecule has 0 bridgehead atoms. The molecule has 4 heteroatoms. The molecule has 0 radical (unpaired) electrons. The number of hydrogen-bond acceptors (Lipinski definition) is 4. The minimum atomic E-state index is -0.337. The molecular weight excluding hydrogens is 340 g/mol. The molecule has 0 saturated heterocycles. The summed E-state index contributed by atoms with van der Waals surface area (Å²) in [6.45, 7) is 10.0. The van der Waals surface area contributed by atoms with Gasteiger partial charge in [-0.3, -0.25) is 9.59 Å². The lowest BCUT2D eigenvalue weighted by Gasteiger charge is -2.24. The summed E-state index contributed by atoms with van der Waals surface area (Å²) >= 11 is 0. The number of allylic oxidation sites excluding steroid dienone is 4. The third-order valence-corrected chi connectivity index (χ3v) is 4.51. The SMILES string of the molecule is C=C(C)COc1ccccc1C(=O)C1=C(OC)CC[C@H](CC=C(C)C)C1=O. The van der Waals surface area contributed by atoms with Crippen LogP contribution in [0.25, 0.3) is 0 Å². The Labute approximate surface area is 161 Å². The van der Waals surface area contributed by atoms with Gasteiger partial charge in [0.2, 0.25) is 5.78 Å². The highest BCUT2D eigenvalue weighted by Gasteiger charge is 2.35. The van der Waals surface area contributed by atoms with Gasteiger partial charge in [-0.25, -0.2) is 0 Å². The molecule has 0 N–H and O–H groups in total.